The first kappa shape index (κ1) is 16.0. The number of hydrogen-bond acceptors (Lipinski definition) is 4. The number of sulfone groups is 1. The predicted molar refractivity (Wildman–Crippen MR) is 84.0 cm³/mol. The molecule has 2 aromatic rings. The molecule has 0 aliphatic carbocycles. The molecule has 0 saturated heterocycles. The van der Waals surface area contributed by atoms with E-state index in [0.717, 1.165) is 4.47 Å². The fourth-order valence-electron chi connectivity index (χ4n) is 1.79. The van der Waals surface area contributed by atoms with E-state index in [1.54, 1.807) is 48.5 Å². The van der Waals surface area contributed by atoms with Gasteiger partial charge in [-0.3, -0.25) is 0 Å². The van der Waals surface area contributed by atoms with Crippen LogP contribution in [0.3, 0.4) is 0 Å². The maximum Gasteiger partial charge on any atom is 0.188 e. The summed E-state index contributed by atoms with van der Waals surface area (Å²) in [5.41, 5.74) is 0.646. The minimum atomic E-state index is -3.39. The van der Waals surface area contributed by atoms with Gasteiger partial charge in [0.15, 0.2) is 16.6 Å². The van der Waals surface area contributed by atoms with Gasteiger partial charge in [0, 0.05) is 11.6 Å². The Hall–Kier alpha value is -1.37. The fourth-order valence-corrected chi connectivity index (χ4v) is 3.75. The smallest absolute Gasteiger partial charge is 0.188 e. The number of ether oxygens (including phenoxy) is 2. The topological polar surface area (TPSA) is 52.6 Å². The molecule has 0 amide bonds. The van der Waals surface area contributed by atoms with Crippen LogP contribution in [-0.2, 0) is 20.3 Å². The Labute approximate surface area is 132 Å². The van der Waals surface area contributed by atoms with Crippen molar-refractivity contribution in [2.45, 2.75) is 10.6 Å². The predicted octanol–water partition coefficient (Wildman–Crippen LogP) is 3.41. The second-order valence-corrected chi connectivity index (χ2v) is 7.22. The summed E-state index contributed by atoms with van der Waals surface area (Å²) in [4.78, 5) is 0.306. The maximum atomic E-state index is 12.4. The van der Waals surface area contributed by atoms with Crippen molar-refractivity contribution in [2.24, 2.45) is 0 Å². The van der Waals surface area contributed by atoms with Crippen LogP contribution < -0.4 is 4.74 Å². The molecule has 2 rings (SSSR count). The highest BCUT2D eigenvalue weighted by atomic mass is 79.9. The molecule has 0 saturated carbocycles. The highest BCUT2D eigenvalue weighted by Crippen LogP contribution is 2.26. The average molecular weight is 371 g/mol. The molecular formula is C15H15BrO4S. The summed E-state index contributed by atoms with van der Waals surface area (Å²) in [6.45, 7) is 0.118. The van der Waals surface area contributed by atoms with Gasteiger partial charge in [0.1, 0.15) is 5.75 Å². The van der Waals surface area contributed by atoms with E-state index in [1.165, 1.54) is 7.11 Å². The van der Waals surface area contributed by atoms with Crippen LogP contribution in [0.4, 0.5) is 0 Å². The van der Waals surface area contributed by atoms with Crippen LogP contribution in [0.2, 0.25) is 0 Å². The van der Waals surface area contributed by atoms with Crippen LogP contribution in [-0.4, -0.2) is 22.3 Å². The summed E-state index contributed by atoms with van der Waals surface area (Å²) < 4.78 is 35.7. The lowest BCUT2D eigenvalue weighted by Crippen LogP contribution is -2.06. The van der Waals surface area contributed by atoms with E-state index in [1.807, 2.05) is 0 Å². The average Bonchev–Trinajstić information content (AvgIpc) is 2.49. The van der Waals surface area contributed by atoms with Gasteiger partial charge >= 0.3 is 0 Å². The Morgan fingerprint density at radius 1 is 1.10 bits per heavy atom. The quantitative estimate of drug-likeness (QED) is 0.731. The van der Waals surface area contributed by atoms with E-state index in [9.17, 15) is 8.42 Å². The summed E-state index contributed by atoms with van der Waals surface area (Å²) in [6.07, 6.45) is 0. The lowest BCUT2D eigenvalue weighted by molar-refractivity contribution is 0.0511. The van der Waals surface area contributed by atoms with Gasteiger partial charge in [0.25, 0.3) is 0 Å². The molecule has 0 atom stereocenters. The molecule has 0 aliphatic rings. The van der Waals surface area contributed by atoms with Gasteiger partial charge in [0.2, 0.25) is 0 Å². The standard InChI is InChI=1S/C15H15BrO4S/c1-19-11-20-13-7-8-15(16)12(9-13)10-21(17,18)14-5-3-2-4-6-14/h2-9H,10-11H2,1H3. The number of benzene rings is 2. The zero-order valence-electron chi connectivity index (χ0n) is 11.5. The third-order valence-corrected chi connectivity index (χ3v) is 5.26. The molecule has 0 aliphatic heterocycles. The van der Waals surface area contributed by atoms with Gasteiger partial charge in [-0.15, -0.1) is 0 Å². The Balaban J connectivity index is 2.26. The summed E-state index contributed by atoms with van der Waals surface area (Å²) in [5.74, 6) is 0.472. The van der Waals surface area contributed by atoms with E-state index in [-0.39, 0.29) is 12.5 Å². The van der Waals surface area contributed by atoms with E-state index in [0.29, 0.717) is 16.2 Å². The van der Waals surface area contributed by atoms with Crippen LogP contribution in [0.15, 0.2) is 57.9 Å². The Morgan fingerprint density at radius 2 is 1.81 bits per heavy atom. The second kappa shape index (κ2) is 7.06. The van der Waals surface area contributed by atoms with E-state index in [4.69, 9.17) is 9.47 Å². The molecule has 0 unspecified atom stereocenters. The molecule has 0 radical (unpaired) electrons. The van der Waals surface area contributed by atoms with Gasteiger partial charge in [0.05, 0.1) is 10.6 Å². The van der Waals surface area contributed by atoms with Crippen molar-refractivity contribution in [2.75, 3.05) is 13.9 Å². The molecule has 2 aromatic carbocycles. The van der Waals surface area contributed by atoms with Crippen molar-refractivity contribution in [3.8, 4) is 5.75 Å². The van der Waals surface area contributed by atoms with E-state index in [2.05, 4.69) is 15.9 Å². The van der Waals surface area contributed by atoms with Gasteiger partial charge in [-0.1, -0.05) is 34.1 Å². The molecule has 6 heteroatoms. The summed E-state index contributed by atoms with van der Waals surface area (Å²) >= 11 is 3.37. The van der Waals surface area contributed by atoms with Crippen LogP contribution in [0.1, 0.15) is 5.56 Å². The highest BCUT2D eigenvalue weighted by Gasteiger charge is 2.17. The minimum Gasteiger partial charge on any atom is -0.468 e. The van der Waals surface area contributed by atoms with Gasteiger partial charge in [-0.05, 0) is 35.9 Å². The number of hydrogen-bond donors (Lipinski definition) is 0. The monoisotopic (exact) mass is 370 g/mol. The molecule has 0 aromatic heterocycles. The lowest BCUT2D eigenvalue weighted by Gasteiger charge is -2.10. The van der Waals surface area contributed by atoms with Crippen molar-refractivity contribution < 1.29 is 17.9 Å². The van der Waals surface area contributed by atoms with Crippen molar-refractivity contribution in [3.05, 3.63) is 58.6 Å². The molecule has 0 bridgehead atoms. The van der Waals surface area contributed by atoms with Crippen molar-refractivity contribution in [1.29, 1.82) is 0 Å². The zero-order chi connectivity index (χ0) is 15.3. The van der Waals surface area contributed by atoms with E-state index < -0.39 is 9.84 Å². The molecule has 0 spiro atoms. The van der Waals surface area contributed by atoms with Gasteiger partial charge in [-0.2, -0.15) is 0 Å². The van der Waals surface area contributed by atoms with Crippen molar-refractivity contribution in [3.63, 3.8) is 0 Å². The molecule has 0 heterocycles. The molecule has 0 N–H and O–H groups in total. The first-order valence-corrected chi connectivity index (χ1v) is 8.65. The fraction of sp³-hybridized carbons (Fsp3) is 0.200. The normalized spacial score (nSPS) is 11.3. The van der Waals surface area contributed by atoms with Crippen LogP contribution >= 0.6 is 15.9 Å². The Bertz CT molecular complexity index is 699. The maximum absolute atomic E-state index is 12.4. The minimum absolute atomic E-state index is 0.0955. The first-order chi connectivity index (χ1) is 10.0. The highest BCUT2D eigenvalue weighted by molar-refractivity contribution is 9.10. The lowest BCUT2D eigenvalue weighted by atomic mass is 10.2. The van der Waals surface area contributed by atoms with Crippen LogP contribution in [0, 0.1) is 0 Å². The third kappa shape index (κ3) is 4.30. The summed E-state index contributed by atoms with van der Waals surface area (Å²) in [5, 5.41) is 0. The first-order valence-electron chi connectivity index (χ1n) is 6.21. The van der Waals surface area contributed by atoms with E-state index >= 15 is 0 Å². The van der Waals surface area contributed by atoms with Crippen LogP contribution in [0.5, 0.6) is 5.75 Å². The zero-order valence-corrected chi connectivity index (χ0v) is 13.9. The third-order valence-electron chi connectivity index (χ3n) is 2.81. The molecule has 21 heavy (non-hydrogen) atoms. The Kier molecular flexibility index (Phi) is 5.39. The number of halogens is 1. The second-order valence-electron chi connectivity index (χ2n) is 4.38. The number of rotatable bonds is 6. The van der Waals surface area contributed by atoms with Crippen LogP contribution in [0.25, 0.3) is 0 Å². The van der Waals surface area contributed by atoms with Crippen molar-refractivity contribution >= 4 is 25.8 Å². The molecular weight excluding hydrogens is 356 g/mol. The van der Waals surface area contributed by atoms with Crippen molar-refractivity contribution in [1.82, 2.24) is 0 Å². The van der Waals surface area contributed by atoms with Gasteiger partial charge in [-0.25, -0.2) is 8.42 Å². The summed E-state index contributed by atoms with van der Waals surface area (Å²) in [6, 6.07) is 13.6. The molecule has 0 fully saturated rings. The number of methoxy groups -OCH3 is 1. The molecule has 112 valence electrons. The van der Waals surface area contributed by atoms with Gasteiger partial charge < -0.3 is 9.47 Å². The summed E-state index contributed by atoms with van der Waals surface area (Å²) in [7, 11) is -1.86. The Morgan fingerprint density at radius 3 is 2.48 bits per heavy atom. The largest absolute Gasteiger partial charge is 0.468 e. The SMILES string of the molecule is COCOc1ccc(Br)c(CS(=O)(=O)c2ccccc2)c1. The molecule has 4 nitrogen and oxygen atoms in total.